The van der Waals surface area contributed by atoms with Crippen molar-refractivity contribution in [2.45, 2.75) is 39.0 Å². The summed E-state index contributed by atoms with van der Waals surface area (Å²) in [5.74, 6) is 2.81. The molecule has 0 unspecified atom stereocenters. The van der Waals surface area contributed by atoms with Crippen molar-refractivity contribution in [3.05, 3.63) is 59.6 Å². The van der Waals surface area contributed by atoms with Crippen LogP contribution in [-0.2, 0) is 18.3 Å². The summed E-state index contributed by atoms with van der Waals surface area (Å²) in [5, 5.41) is 13.9. The number of hydrogen-bond donors (Lipinski definition) is 3. The second-order valence-electron chi connectivity index (χ2n) is 7.62. The summed E-state index contributed by atoms with van der Waals surface area (Å²) in [7, 11) is 1.78. The van der Waals surface area contributed by atoms with Crippen LogP contribution in [0.3, 0.4) is 0 Å². The van der Waals surface area contributed by atoms with E-state index in [4.69, 9.17) is 4.42 Å². The van der Waals surface area contributed by atoms with Crippen LogP contribution < -0.4 is 10.6 Å². The van der Waals surface area contributed by atoms with Gasteiger partial charge in [0.15, 0.2) is 11.7 Å². The van der Waals surface area contributed by atoms with Crippen molar-refractivity contribution in [2.75, 3.05) is 20.1 Å². The van der Waals surface area contributed by atoms with E-state index in [-0.39, 0.29) is 29.4 Å². The number of aromatic amines is 1. The Morgan fingerprint density at radius 3 is 2.57 bits per heavy atom. The molecule has 0 bridgehead atoms. The van der Waals surface area contributed by atoms with Crippen molar-refractivity contribution in [3.8, 4) is 11.6 Å². The van der Waals surface area contributed by atoms with Gasteiger partial charge >= 0.3 is 0 Å². The molecule has 0 atom stereocenters. The predicted molar refractivity (Wildman–Crippen MR) is 131 cm³/mol. The van der Waals surface area contributed by atoms with Crippen LogP contribution in [0.5, 0.6) is 0 Å². The molecular weight excluding hydrogens is 491 g/mol. The minimum atomic E-state index is -0.00718. The zero-order valence-corrected chi connectivity index (χ0v) is 20.4. The van der Waals surface area contributed by atoms with E-state index in [9.17, 15) is 0 Å². The number of benzene rings is 1. The summed E-state index contributed by atoms with van der Waals surface area (Å²) < 4.78 is 5.32. The lowest BCUT2D eigenvalue weighted by molar-refractivity contribution is 0.508. The van der Waals surface area contributed by atoms with Gasteiger partial charge in [0.2, 0.25) is 5.82 Å². The number of rotatable bonds is 8. The van der Waals surface area contributed by atoms with E-state index in [1.54, 1.807) is 13.3 Å². The fourth-order valence-corrected chi connectivity index (χ4v) is 3.04. The summed E-state index contributed by atoms with van der Waals surface area (Å²) in [5.41, 5.74) is 2.66. The number of nitrogens with one attached hydrogen (secondary N) is 3. The minimum absolute atomic E-state index is 0. The van der Waals surface area contributed by atoms with Gasteiger partial charge in [-0.2, -0.15) is 5.10 Å². The van der Waals surface area contributed by atoms with Crippen LogP contribution in [0.15, 0.2) is 52.1 Å². The summed E-state index contributed by atoms with van der Waals surface area (Å²) in [6, 6.07) is 12.5. The molecule has 0 saturated carbocycles. The van der Waals surface area contributed by atoms with Gasteiger partial charge in [-0.05, 0) is 29.7 Å². The van der Waals surface area contributed by atoms with Crippen molar-refractivity contribution in [2.24, 2.45) is 4.99 Å². The van der Waals surface area contributed by atoms with Gasteiger partial charge in [0.25, 0.3) is 0 Å². The summed E-state index contributed by atoms with van der Waals surface area (Å²) in [6.07, 6.45) is 3.38. The molecule has 3 rings (SSSR count). The van der Waals surface area contributed by atoms with Crippen LogP contribution in [0.25, 0.3) is 11.6 Å². The van der Waals surface area contributed by atoms with Crippen LogP contribution in [0.2, 0.25) is 0 Å². The van der Waals surface area contributed by atoms with Gasteiger partial charge in [0.1, 0.15) is 5.82 Å². The molecule has 1 aromatic carbocycles. The lowest BCUT2D eigenvalue weighted by Gasteiger charge is -2.27. The lowest BCUT2D eigenvalue weighted by atomic mass is 9.84. The van der Waals surface area contributed by atoms with Gasteiger partial charge < -0.3 is 15.1 Å². The Bertz CT molecular complexity index is 916. The highest BCUT2D eigenvalue weighted by Gasteiger charge is 2.20. The van der Waals surface area contributed by atoms with Gasteiger partial charge in [-0.1, -0.05) is 45.0 Å². The van der Waals surface area contributed by atoms with Crippen molar-refractivity contribution >= 4 is 29.9 Å². The maximum Gasteiger partial charge on any atom is 0.216 e. The number of aromatic nitrogens is 3. The van der Waals surface area contributed by atoms with Crippen molar-refractivity contribution in [1.29, 1.82) is 0 Å². The molecule has 162 valence electrons. The van der Waals surface area contributed by atoms with Crippen LogP contribution >= 0.6 is 24.0 Å². The molecule has 0 fully saturated rings. The fraction of sp³-hybridized carbons (Fsp3) is 0.409. The van der Waals surface area contributed by atoms with Crippen molar-refractivity contribution in [1.82, 2.24) is 25.8 Å². The Morgan fingerprint density at radius 1 is 1.17 bits per heavy atom. The zero-order chi connectivity index (χ0) is 20.7. The molecule has 0 amide bonds. The van der Waals surface area contributed by atoms with Crippen molar-refractivity contribution < 1.29 is 4.42 Å². The molecule has 0 radical (unpaired) electrons. The van der Waals surface area contributed by atoms with Crippen LogP contribution in [0.1, 0.15) is 37.7 Å². The second-order valence-corrected chi connectivity index (χ2v) is 7.62. The topological polar surface area (TPSA) is 91.1 Å². The number of furan rings is 1. The lowest BCUT2D eigenvalue weighted by Crippen LogP contribution is -2.44. The second kappa shape index (κ2) is 11.1. The summed E-state index contributed by atoms with van der Waals surface area (Å²) >= 11 is 0. The van der Waals surface area contributed by atoms with E-state index in [1.807, 2.05) is 12.1 Å². The average Bonchev–Trinajstić information content (AvgIpc) is 3.42. The highest BCUT2D eigenvalue weighted by molar-refractivity contribution is 14.0. The third kappa shape index (κ3) is 6.32. The molecule has 0 spiro atoms. The Balaban J connectivity index is 0.00000320. The maximum atomic E-state index is 5.32. The molecule has 30 heavy (non-hydrogen) atoms. The number of hydrogen-bond acceptors (Lipinski definition) is 4. The Hall–Kier alpha value is -2.36. The van der Waals surface area contributed by atoms with Gasteiger partial charge in [0, 0.05) is 32.0 Å². The number of nitrogens with zero attached hydrogens (tertiary/aromatic N) is 3. The third-order valence-electron chi connectivity index (χ3n) is 4.99. The molecule has 2 heterocycles. The van der Waals surface area contributed by atoms with Crippen LogP contribution in [0, 0.1) is 0 Å². The van der Waals surface area contributed by atoms with Crippen LogP contribution in [0.4, 0.5) is 0 Å². The van der Waals surface area contributed by atoms with E-state index in [2.05, 4.69) is 75.8 Å². The minimum Gasteiger partial charge on any atom is -0.461 e. The number of halogens is 1. The summed E-state index contributed by atoms with van der Waals surface area (Å²) in [6.45, 7) is 8.12. The fourth-order valence-electron chi connectivity index (χ4n) is 3.04. The van der Waals surface area contributed by atoms with Crippen LogP contribution in [-0.4, -0.2) is 41.3 Å². The SMILES string of the molecule is CCc1ccc(C(C)(C)CNC(=NC)NCCc2nc(-c3ccco3)n[nH]2)cc1.I. The predicted octanol–water partition coefficient (Wildman–Crippen LogP) is 3.93. The first-order valence-corrected chi connectivity index (χ1v) is 10.0. The Morgan fingerprint density at radius 2 is 1.93 bits per heavy atom. The third-order valence-corrected chi connectivity index (χ3v) is 4.99. The average molecular weight is 522 g/mol. The van der Waals surface area contributed by atoms with Crippen molar-refractivity contribution in [3.63, 3.8) is 0 Å². The number of aryl methyl sites for hydroxylation is 1. The molecule has 0 aliphatic rings. The molecule has 7 nitrogen and oxygen atoms in total. The Kier molecular flexibility index (Phi) is 8.88. The normalized spacial score (nSPS) is 11.8. The van der Waals surface area contributed by atoms with E-state index >= 15 is 0 Å². The molecular formula is C22H31IN6O. The summed E-state index contributed by atoms with van der Waals surface area (Å²) in [4.78, 5) is 8.78. The highest BCUT2D eigenvalue weighted by Crippen LogP contribution is 2.22. The first-order valence-electron chi connectivity index (χ1n) is 10.0. The van der Waals surface area contributed by atoms with E-state index < -0.39 is 0 Å². The van der Waals surface area contributed by atoms with E-state index in [0.29, 0.717) is 24.6 Å². The quantitative estimate of drug-likeness (QED) is 0.237. The van der Waals surface area contributed by atoms with E-state index in [0.717, 1.165) is 24.7 Å². The smallest absolute Gasteiger partial charge is 0.216 e. The van der Waals surface area contributed by atoms with Gasteiger partial charge in [-0.15, -0.1) is 24.0 Å². The molecule has 0 saturated heterocycles. The standard InChI is InChI=1S/C22H30N6O.HI/c1-5-16-8-10-17(11-9-16)22(2,3)15-25-21(23-4)24-13-12-19-26-20(28-27-19)18-7-6-14-29-18;/h6-11,14H,5,12-13,15H2,1-4H3,(H2,23,24,25)(H,26,27,28);1H. The first-order chi connectivity index (χ1) is 14.0. The maximum absolute atomic E-state index is 5.32. The van der Waals surface area contributed by atoms with Gasteiger partial charge in [-0.25, -0.2) is 4.98 Å². The molecule has 3 aromatic rings. The highest BCUT2D eigenvalue weighted by atomic mass is 127. The molecule has 0 aliphatic heterocycles. The molecule has 2 aromatic heterocycles. The van der Waals surface area contributed by atoms with Gasteiger partial charge in [-0.3, -0.25) is 10.1 Å². The zero-order valence-electron chi connectivity index (χ0n) is 18.0. The monoisotopic (exact) mass is 522 g/mol. The first kappa shape index (κ1) is 23.9. The largest absolute Gasteiger partial charge is 0.461 e. The number of H-pyrrole nitrogens is 1. The molecule has 3 N–H and O–H groups in total. The molecule has 0 aliphatic carbocycles. The Labute approximate surface area is 195 Å². The number of aliphatic imine (C=N–C) groups is 1. The number of guanidine groups is 1. The van der Waals surface area contributed by atoms with E-state index in [1.165, 1.54) is 11.1 Å². The molecule has 8 heteroatoms. The van der Waals surface area contributed by atoms with Gasteiger partial charge in [0.05, 0.1) is 6.26 Å².